The van der Waals surface area contributed by atoms with E-state index in [9.17, 15) is 0 Å². The van der Waals surface area contributed by atoms with Gasteiger partial charge in [-0.3, -0.25) is 0 Å². The molecule has 0 saturated heterocycles. The highest BCUT2D eigenvalue weighted by Crippen LogP contribution is 2.26. The van der Waals surface area contributed by atoms with Gasteiger partial charge in [0.25, 0.3) is 0 Å². The van der Waals surface area contributed by atoms with Gasteiger partial charge in [-0.25, -0.2) is 0 Å². The normalized spacial score (nSPS) is 10.5. The number of hydrogen-bond acceptors (Lipinski definition) is 3. The summed E-state index contributed by atoms with van der Waals surface area (Å²) in [7, 11) is 4.13. The molecular weight excluding hydrogens is 202 g/mol. The highest BCUT2D eigenvalue weighted by atomic mass is 16.5. The number of rotatable bonds is 7. The lowest BCUT2D eigenvalue weighted by atomic mass is 10.3. The first-order chi connectivity index (χ1) is 7.74. The summed E-state index contributed by atoms with van der Waals surface area (Å²) in [6, 6.07) is 7.80. The first kappa shape index (κ1) is 12.8. The molecule has 0 aromatic heterocycles. The van der Waals surface area contributed by atoms with Gasteiger partial charge in [-0.2, -0.15) is 0 Å². The van der Waals surface area contributed by atoms with Crippen molar-refractivity contribution in [2.24, 2.45) is 0 Å². The quantitative estimate of drug-likeness (QED) is 0.663. The Morgan fingerprint density at radius 1 is 1.06 bits per heavy atom. The van der Waals surface area contributed by atoms with Crippen molar-refractivity contribution >= 4 is 0 Å². The van der Waals surface area contributed by atoms with Crippen molar-refractivity contribution in [2.75, 3.05) is 33.9 Å². The van der Waals surface area contributed by atoms with Crippen LogP contribution in [0.4, 0.5) is 0 Å². The fraction of sp³-hybridized carbons (Fsp3) is 0.538. The van der Waals surface area contributed by atoms with Crippen LogP contribution in [-0.2, 0) is 0 Å². The average molecular weight is 223 g/mol. The third-order valence-corrected chi connectivity index (χ3v) is 2.16. The van der Waals surface area contributed by atoms with Gasteiger partial charge < -0.3 is 14.4 Å². The maximum Gasteiger partial charge on any atom is 0.161 e. The van der Waals surface area contributed by atoms with Crippen molar-refractivity contribution in [3.05, 3.63) is 24.3 Å². The van der Waals surface area contributed by atoms with Crippen LogP contribution in [0.1, 0.15) is 13.3 Å². The molecule has 1 rings (SSSR count). The van der Waals surface area contributed by atoms with Gasteiger partial charge in [0.05, 0.1) is 13.2 Å². The summed E-state index contributed by atoms with van der Waals surface area (Å²) in [4.78, 5) is 2.15. The van der Waals surface area contributed by atoms with E-state index in [-0.39, 0.29) is 0 Å². The van der Waals surface area contributed by atoms with Crippen molar-refractivity contribution in [1.29, 1.82) is 0 Å². The van der Waals surface area contributed by atoms with Crippen LogP contribution in [0.2, 0.25) is 0 Å². The Balaban J connectivity index is 2.40. The fourth-order valence-corrected chi connectivity index (χ4v) is 1.41. The van der Waals surface area contributed by atoms with Crippen LogP contribution in [0.3, 0.4) is 0 Å². The molecule has 0 unspecified atom stereocenters. The van der Waals surface area contributed by atoms with Gasteiger partial charge in [0.1, 0.15) is 0 Å². The second-order valence-electron chi connectivity index (χ2n) is 3.89. The predicted octanol–water partition coefficient (Wildman–Crippen LogP) is 2.42. The highest BCUT2D eigenvalue weighted by Gasteiger charge is 2.02. The standard InChI is InChI=1S/C13H21NO2/c1-4-15-12-8-5-6-9-13(12)16-11-7-10-14(2)3/h5-6,8-9H,4,7,10-11H2,1-3H3. The van der Waals surface area contributed by atoms with Gasteiger partial charge in [-0.15, -0.1) is 0 Å². The SMILES string of the molecule is CCOc1ccccc1OCCCN(C)C. The van der Waals surface area contributed by atoms with Gasteiger partial charge in [-0.1, -0.05) is 12.1 Å². The number of nitrogens with zero attached hydrogens (tertiary/aromatic N) is 1. The Bertz CT molecular complexity index is 300. The average Bonchev–Trinajstić information content (AvgIpc) is 2.26. The maximum absolute atomic E-state index is 5.69. The minimum atomic E-state index is 0.665. The molecule has 3 heteroatoms. The molecule has 0 bridgehead atoms. The Morgan fingerprint density at radius 3 is 2.25 bits per heavy atom. The highest BCUT2D eigenvalue weighted by molar-refractivity contribution is 5.39. The molecule has 0 amide bonds. The van der Waals surface area contributed by atoms with E-state index in [1.165, 1.54) is 0 Å². The van der Waals surface area contributed by atoms with Crippen molar-refractivity contribution in [2.45, 2.75) is 13.3 Å². The monoisotopic (exact) mass is 223 g/mol. The summed E-state index contributed by atoms with van der Waals surface area (Å²) in [5.74, 6) is 1.66. The van der Waals surface area contributed by atoms with Crippen molar-refractivity contribution < 1.29 is 9.47 Å². The molecule has 0 heterocycles. The van der Waals surface area contributed by atoms with E-state index in [0.717, 1.165) is 31.1 Å². The number of benzene rings is 1. The summed E-state index contributed by atoms with van der Waals surface area (Å²) in [5, 5.41) is 0. The molecule has 0 aliphatic carbocycles. The Morgan fingerprint density at radius 2 is 1.69 bits per heavy atom. The van der Waals surface area contributed by atoms with Gasteiger partial charge in [0.15, 0.2) is 11.5 Å². The van der Waals surface area contributed by atoms with Crippen LogP contribution in [0.25, 0.3) is 0 Å². The zero-order valence-corrected chi connectivity index (χ0v) is 10.4. The predicted molar refractivity (Wildman–Crippen MR) is 66.3 cm³/mol. The van der Waals surface area contributed by atoms with E-state index in [1.807, 2.05) is 31.2 Å². The van der Waals surface area contributed by atoms with Crippen LogP contribution in [-0.4, -0.2) is 38.8 Å². The number of para-hydroxylation sites is 2. The molecule has 3 nitrogen and oxygen atoms in total. The van der Waals surface area contributed by atoms with Crippen LogP contribution in [0, 0.1) is 0 Å². The molecule has 0 aliphatic rings. The first-order valence-corrected chi connectivity index (χ1v) is 5.73. The molecule has 1 aromatic carbocycles. The largest absolute Gasteiger partial charge is 0.490 e. The summed E-state index contributed by atoms with van der Waals surface area (Å²) in [5.41, 5.74) is 0. The summed E-state index contributed by atoms with van der Waals surface area (Å²) < 4.78 is 11.2. The maximum atomic E-state index is 5.69. The molecule has 1 aromatic rings. The summed E-state index contributed by atoms with van der Waals surface area (Å²) in [6.45, 7) is 4.40. The zero-order valence-electron chi connectivity index (χ0n) is 10.4. The molecule has 0 N–H and O–H groups in total. The minimum Gasteiger partial charge on any atom is -0.490 e. The Labute approximate surface area is 98.0 Å². The van der Waals surface area contributed by atoms with Crippen LogP contribution in [0.15, 0.2) is 24.3 Å². The third kappa shape index (κ3) is 4.53. The Hall–Kier alpha value is -1.22. The first-order valence-electron chi connectivity index (χ1n) is 5.73. The lowest BCUT2D eigenvalue weighted by Crippen LogP contribution is -2.15. The lowest BCUT2D eigenvalue weighted by molar-refractivity contribution is 0.258. The third-order valence-electron chi connectivity index (χ3n) is 2.16. The Kier molecular flexibility index (Phi) is 5.72. The van der Waals surface area contributed by atoms with Crippen LogP contribution in [0.5, 0.6) is 11.5 Å². The van der Waals surface area contributed by atoms with E-state index in [0.29, 0.717) is 6.61 Å². The second kappa shape index (κ2) is 7.12. The lowest BCUT2D eigenvalue weighted by Gasteiger charge is -2.13. The van der Waals surface area contributed by atoms with Gasteiger partial charge in [-0.05, 0) is 39.6 Å². The van der Waals surface area contributed by atoms with Gasteiger partial charge >= 0.3 is 0 Å². The van der Waals surface area contributed by atoms with Crippen molar-refractivity contribution in [1.82, 2.24) is 4.90 Å². The van der Waals surface area contributed by atoms with Gasteiger partial charge in [0, 0.05) is 6.54 Å². The van der Waals surface area contributed by atoms with Gasteiger partial charge in [0.2, 0.25) is 0 Å². The zero-order chi connectivity index (χ0) is 11.8. The fourth-order valence-electron chi connectivity index (χ4n) is 1.41. The number of ether oxygens (including phenoxy) is 2. The minimum absolute atomic E-state index is 0.665. The topological polar surface area (TPSA) is 21.7 Å². The molecule has 0 atom stereocenters. The van der Waals surface area contributed by atoms with Crippen molar-refractivity contribution in [3.63, 3.8) is 0 Å². The van der Waals surface area contributed by atoms with E-state index < -0.39 is 0 Å². The number of hydrogen-bond donors (Lipinski definition) is 0. The van der Waals surface area contributed by atoms with Crippen molar-refractivity contribution in [3.8, 4) is 11.5 Å². The molecule has 0 radical (unpaired) electrons. The van der Waals surface area contributed by atoms with E-state index in [1.54, 1.807) is 0 Å². The molecule has 0 aliphatic heterocycles. The summed E-state index contributed by atoms with van der Waals surface area (Å²) in [6.07, 6.45) is 1.02. The molecule has 0 spiro atoms. The van der Waals surface area contributed by atoms with E-state index >= 15 is 0 Å². The van der Waals surface area contributed by atoms with E-state index in [4.69, 9.17) is 9.47 Å². The molecule has 16 heavy (non-hydrogen) atoms. The summed E-state index contributed by atoms with van der Waals surface area (Å²) >= 11 is 0. The van der Waals surface area contributed by atoms with Crippen LogP contribution < -0.4 is 9.47 Å². The molecule has 0 fully saturated rings. The molecule has 0 saturated carbocycles. The van der Waals surface area contributed by atoms with E-state index in [2.05, 4.69) is 19.0 Å². The molecular formula is C13H21NO2. The smallest absolute Gasteiger partial charge is 0.161 e. The molecule has 90 valence electrons. The second-order valence-corrected chi connectivity index (χ2v) is 3.89. The van der Waals surface area contributed by atoms with Crippen LogP contribution >= 0.6 is 0 Å².